The van der Waals surface area contributed by atoms with E-state index in [-0.39, 0.29) is 0 Å². The number of rotatable bonds is 5. The summed E-state index contributed by atoms with van der Waals surface area (Å²) < 4.78 is 10.6. The number of anilines is 1. The fourth-order valence-corrected chi connectivity index (χ4v) is 2.38. The third-order valence-electron chi connectivity index (χ3n) is 3.55. The van der Waals surface area contributed by atoms with Crippen LogP contribution < -0.4 is 14.8 Å². The number of hydrogen-bond donors (Lipinski definition) is 1. The summed E-state index contributed by atoms with van der Waals surface area (Å²) in [4.78, 5) is 4.32. The molecule has 1 N–H and O–H groups in total. The molecule has 112 valence electrons. The first kappa shape index (κ1) is 14.2. The smallest absolute Gasteiger partial charge is 0.161 e. The van der Waals surface area contributed by atoms with Crippen molar-refractivity contribution in [2.24, 2.45) is 0 Å². The second kappa shape index (κ2) is 6.35. The van der Waals surface area contributed by atoms with Crippen molar-refractivity contribution in [1.82, 2.24) is 4.98 Å². The minimum atomic E-state index is 0.714. The van der Waals surface area contributed by atoms with Crippen LogP contribution >= 0.6 is 0 Å². The summed E-state index contributed by atoms with van der Waals surface area (Å²) in [5, 5.41) is 4.54. The molecule has 0 radical (unpaired) electrons. The average Bonchev–Trinajstić information content (AvgIpc) is 2.59. The molecule has 0 saturated carbocycles. The summed E-state index contributed by atoms with van der Waals surface area (Å²) in [6.45, 7) is 0.714. The Bertz CT molecular complexity index is 787. The van der Waals surface area contributed by atoms with Gasteiger partial charge in [-0.3, -0.25) is 4.98 Å². The van der Waals surface area contributed by atoms with Crippen LogP contribution in [-0.2, 0) is 6.54 Å². The average molecular weight is 294 g/mol. The molecule has 0 fully saturated rings. The van der Waals surface area contributed by atoms with Crippen molar-refractivity contribution in [2.75, 3.05) is 19.5 Å². The zero-order valence-corrected chi connectivity index (χ0v) is 12.7. The number of nitrogens with one attached hydrogen (secondary N) is 1. The Balaban J connectivity index is 1.76. The molecule has 3 rings (SSSR count). The minimum absolute atomic E-state index is 0.714. The van der Waals surface area contributed by atoms with Gasteiger partial charge in [-0.2, -0.15) is 0 Å². The highest BCUT2D eigenvalue weighted by atomic mass is 16.5. The highest BCUT2D eigenvalue weighted by molar-refractivity contribution is 5.82. The van der Waals surface area contributed by atoms with E-state index in [0.29, 0.717) is 6.54 Å². The van der Waals surface area contributed by atoms with E-state index >= 15 is 0 Å². The fraction of sp³-hybridized carbons (Fsp3) is 0.167. The van der Waals surface area contributed by atoms with Gasteiger partial charge in [-0.1, -0.05) is 12.1 Å². The Morgan fingerprint density at radius 1 is 0.955 bits per heavy atom. The van der Waals surface area contributed by atoms with Crippen molar-refractivity contribution < 1.29 is 9.47 Å². The van der Waals surface area contributed by atoms with E-state index in [1.807, 2.05) is 36.4 Å². The Morgan fingerprint density at radius 2 is 1.82 bits per heavy atom. The summed E-state index contributed by atoms with van der Waals surface area (Å²) >= 11 is 0. The molecule has 0 aliphatic rings. The van der Waals surface area contributed by atoms with Crippen molar-refractivity contribution in [1.29, 1.82) is 0 Å². The van der Waals surface area contributed by atoms with Crippen LogP contribution in [0, 0.1) is 0 Å². The quantitative estimate of drug-likeness (QED) is 0.776. The lowest BCUT2D eigenvalue weighted by atomic mass is 10.1. The van der Waals surface area contributed by atoms with Gasteiger partial charge < -0.3 is 14.8 Å². The van der Waals surface area contributed by atoms with Crippen molar-refractivity contribution in [2.45, 2.75) is 6.54 Å². The molecule has 4 heteroatoms. The third kappa shape index (κ3) is 2.96. The highest BCUT2D eigenvalue weighted by Gasteiger charge is 2.04. The van der Waals surface area contributed by atoms with E-state index in [0.717, 1.165) is 33.7 Å². The topological polar surface area (TPSA) is 43.4 Å². The molecular formula is C18H18N2O2. The van der Waals surface area contributed by atoms with Crippen molar-refractivity contribution in [3.8, 4) is 11.5 Å². The summed E-state index contributed by atoms with van der Waals surface area (Å²) in [5.41, 5.74) is 3.19. The van der Waals surface area contributed by atoms with Crippen LogP contribution in [-0.4, -0.2) is 19.2 Å². The van der Waals surface area contributed by atoms with Crippen LogP contribution in [0.4, 0.5) is 5.69 Å². The monoisotopic (exact) mass is 294 g/mol. The Morgan fingerprint density at radius 3 is 2.64 bits per heavy atom. The minimum Gasteiger partial charge on any atom is -0.493 e. The molecule has 2 aromatic carbocycles. The van der Waals surface area contributed by atoms with Crippen LogP contribution in [0.2, 0.25) is 0 Å². The number of benzene rings is 2. The standard InChI is InChI=1S/C18H18N2O2/c1-21-17-8-5-13(10-18(17)22-2)12-20-15-6-7-16-14(11-15)4-3-9-19-16/h3-11,20H,12H2,1-2H3. The van der Waals surface area contributed by atoms with E-state index in [4.69, 9.17) is 9.47 Å². The van der Waals surface area contributed by atoms with Crippen LogP contribution in [0.1, 0.15) is 5.56 Å². The SMILES string of the molecule is COc1ccc(CNc2ccc3ncccc3c2)cc1OC. The van der Waals surface area contributed by atoms with Crippen molar-refractivity contribution in [3.63, 3.8) is 0 Å². The number of ether oxygens (including phenoxy) is 2. The summed E-state index contributed by atoms with van der Waals surface area (Å²) in [5.74, 6) is 1.48. The van der Waals surface area contributed by atoms with E-state index in [9.17, 15) is 0 Å². The maximum atomic E-state index is 5.33. The molecule has 0 amide bonds. The lowest BCUT2D eigenvalue weighted by molar-refractivity contribution is 0.354. The number of aromatic nitrogens is 1. The normalized spacial score (nSPS) is 10.5. The molecule has 0 aliphatic heterocycles. The number of methoxy groups -OCH3 is 2. The maximum Gasteiger partial charge on any atom is 0.161 e. The molecule has 1 aromatic heterocycles. The van der Waals surface area contributed by atoms with Gasteiger partial charge in [0.05, 0.1) is 19.7 Å². The number of nitrogens with zero attached hydrogens (tertiary/aromatic N) is 1. The maximum absolute atomic E-state index is 5.33. The highest BCUT2D eigenvalue weighted by Crippen LogP contribution is 2.28. The first-order valence-electron chi connectivity index (χ1n) is 7.10. The number of pyridine rings is 1. The third-order valence-corrected chi connectivity index (χ3v) is 3.55. The Hall–Kier alpha value is -2.75. The molecule has 0 atom stereocenters. The summed E-state index contributed by atoms with van der Waals surface area (Å²) in [7, 11) is 3.28. The van der Waals surface area contributed by atoms with Crippen LogP contribution in [0.5, 0.6) is 11.5 Å². The fourth-order valence-electron chi connectivity index (χ4n) is 2.38. The predicted octanol–water partition coefficient (Wildman–Crippen LogP) is 3.86. The van der Waals surface area contributed by atoms with E-state index in [1.54, 1.807) is 20.4 Å². The van der Waals surface area contributed by atoms with Crippen molar-refractivity contribution in [3.05, 3.63) is 60.3 Å². The van der Waals surface area contributed by atoms with Gasteiger partial charge >= 0.3 is 0 Å². The molecular weight excluding hydrogens is 276 g/mol. The molecule has 3 aromatic rings. The molecule has 0 bridgehead atoms. The van der Waals surface area contributed by atoms with Crippen LogP contribution in [0.25, 0.3) is 10.9 Å². The van der Waals surface area contributed by atoms with Crippen molar-refractivity contribution >= 4 is 16.6 Å². The van der Waals surface area contributed by atoms with Gasteiger partial charge in [-0.15, -0.1) is 0 Å². The Kier molecular flexibility index (Phi) is 4.10. The zero-order valence-electron chi connectivity index (χ0n) is 12.7. The van der Waals surface area contributed by atoms with Gasteiger partial charge in [-0.25, -0.2) is 0 Å². The second-order valence-corrected chi connectivity index (χ2v) is 4.95. The molecule has 4 nitrogen and oxygen atoms in total. The lowest BCUT2D eigenvalue weighted by Crippen LogP contribution is -2.00. The summed E-state index contributed by atoms with van der Waals surface area (Å²) in [6, 6.07) is 16.1. The zero-order chi connectivity index (χ0) is 15.4. The van der Waals surface area contributed by atoms with Crippen LogP contribution in [0.15, 0.2) is 54.7 Å². The predicted molar refractivity (Wildman–Crippen MR) is 88.6 cm³/mol. The van der Waals surface area contributed by atoms with Gasteiger partial charge in [0, 0.05) is 23.8 Å². The second-order valence-electron chi connectivity index (χ2n) is 4.95. The largest absolute Gasteiger partial charge is 0.493 e. The van der Waals surface area contributed by atoms with Gasteiger partial charge in [0.2, 0.25) is 0 Å². The van der Waals surface area contributed by atoms with E-state index in [2.05, 4.69) is 22.4 Å². The molecule has 0 unspecified atom stereocenters. The molecule has 22 heavy (non-hydrogen) atoms. The first-order chi connectivity index (χ1) is 10.8. The molecule has 0 aliphatic carbocycles. The number of hydrogen-bond acceptors (Lipinski definition) is 4. The molecule has 0 saturated heterocycles. The molecule has 1 heterocycles. The molecule has 0 spiro atoms. The van der Waals surface area contributed by atoms with Gasteiger partial charge in [0.1, 0.15) is 0 Å². The van der Waals surface area contributed by atoms with Gasteiger partial charge in [-0.05, 0) is 42.0 Å². The first-order valence-corrected chi connectivity index (χ1v) is 7.10. The summed E-state index contributed by atoms with van der Waals surface area (Å²) in [6.07, 6.45) is 1.80. The van der Waals surface area contributed by atoms with E-state index in [1.165, 1.54) is 0 Å². The number of fused-ring (bicyclic) bond motifs is 1. The van der Waals surface area contributed by atoms with Crippen LogP contribution in [0.3, 0.4) is 0 Å². The Labute approximate surface area is 129 Å². The lowest BCUT2D eigenvalue weighted by Gasteiger charge is -2.11. The van der Waals surface area contributed by atoms with Gasteiger partial charge in [0.25, 0.3) is 0 Å². The van der Waals surface area contributed by atoms with E-state index < -0.39 is 0 Å². The van der Waals surface area contributed by atoms with Gasteiger partial charge in [0.15, 0.2) is 11.5 Å².